The summed E-state index contributed by atoms with van der Waals surface area (Å²) in [6.45, 7) is 7.34. The molecule has 1 aromatic rings. The first-order valence-corrected chi connectivity index (χ1v) is 9.06. The number of alkyl carbamates (subject to hydrolysis) is 1. The van der Waals surface area contributed by atoms with Gasteiger partial charge in [0.25, 0.3) is 0 Å². The van der Waals surface area contributed by atoms with Crippen LogP contribution in [0.3, 0.4) is 0 Å². The molecule has 3 rings (SSSR count). The molecular formula is C18H28N4O3. The molecule has 0 bridgehead atoms. The molecule has 2 aliphatic rings. The van der Waals surface area contributed by atoms with E-state index in [0.717, 1.165) is 25.8 Å². The topological polar surface area (TPSA) is 76.5 Å². The number of carbonyl (C=O) groups is 2. The number of amides is 2. The lowest BCUT2D eigenvalue weighted by atomic mass is 9.78. The van der Waals surface area contributed by atoms with Gasteiger partial charge in [0.1, 0.15) is 12.1 Å². The molecule has 1 N–H and O–H groups in total. The lowest BCUT2D eigenvalue weighted by Gasteiger charge is -2.33. The Morgan fingerprint density at radius 2 is 2.08 bits per heavy atom. The van der Waals surface area contributed by atoms with Crippen molar-refractivity contribution < 1.29 is 14.3 Å². The summed E-state index contributed by atoms with van der Waals surface area (Å²) in [4.78, 5) is 26.6. The Kier molecular flexibility index (Phi) is 5.01. The second kappa shape index (κ2) is 7.06. The predicted molar refractivity (Wildman–Crippen MR) is 92.8 cm³/mol. The monoisotopic (exact) mass is 348 g/mol. The highest BCUT2D eigenvalue weighted by Gasteiger charge is 2.42. The van der Waals surface area contributed by atoms with Crippen molar-refractivity contribution in [3.63, 3.8) is 0 Å². The zero-order valence-electron chi connectivity index (χ0n) is 15.3. The third-order valence-electron chi connectivity index (χ3n) is 5.01. The summed E-state index contributed by atoms with van der Waals surface area (Å²) in [6.07, 6.45) is 6.25. The molecule has 2 heterocycles. The minimum Gasteiger partial charge on any atom is -0.444 e. The highest BCUT2D eigenvalue weighted by atomic mass is 16.6. The Hall–Kier alpha value is -2.05. The molecule has 0 spiro atoms. The average Bonchev–Trinajstić information content (AvgIpc) is 3.14. The molecule has 1 saturated heterocycles. The van der Waals surface area contributed by atoms with Crippen LogP contribution in [0.2, 0.25) is 0 Å². The molecule has 7 nitrogen and oxygen atoms in total. The molecule has 7 heteroatoms. The average molecular weight is 348 g/mol. The third-order valence-corrected chi connectivity index (χ3v) is 5.01. The standard InChI is InChI=1S/C18H28N4O3/c1-18(2,3)25-17(24)20-15-7-4-6-13-10-21(11-14(13)15)16(23)12-22-9-5-8-19-22/h5,8-9,13-15H,4,6-7,10-12H2,1-3H3,(H,20,24)/t13-,14+,15+/m0/s1. The first-order valence-electron chi connectivity index (χ1n) is 9.06. The van der Waals surface area contributed by atoms with Gasteiger partial charge in [0.15, 0.2) is 0 Å². The maximum atomic E-state index is 12.5. The molecule has 25 heavy (non-hydrogen) atoms. The normalized spacial score (nSPS) is 26.2. The van der Waals surface area contributed by atoms with Crippen molar-refractivity contribution in [2.75, 3.05) is 13.1 Å². The molecule has 1 saturated carbocycles. The van der Waals surface area contributed by atoms with E-state index in [1.165, 1.54) is 0 Å². The van der Waals surface area contributed by atoms with Gasteiger partial charge in [0.05, 0.1) is 0 Å². The quantitative estimate of drug-likeness (QED) is 0.907. The number of likely N-dealkylation sites (tertiary alicyclic amines) is 1. The Balaban J connectivity index is 1.58. The summed E-state index contributed by atoms with van der Waals surface area (Å²) in [6, 6.07) is 1.90. The van der Waals surface area contributed by atoms with E-state index in [9.17, 15) is 9.59 Å². The maximum absolute atomic E-state index is 12.5. The summed E-state index contributed by atoms with van der Waals surface area (Å²) in [5.41, 5.74) is -0.500. The summed E-state index contributed by atoms with van der Waals surface area (Å²) in [5, 5.41) is 7.14. The molecule has 2 fully saturated rings. The third kappa shape index (κ3) is 4.52. The van der Waals surface area contributed by atoms with Gasteiger partial charge < -0.3 is 15.0 Å². The van der Waals surface area contributed by atoms with E-state index < -0.39 is 5.60 Å². The number of hydrogen-bond acceptors (Lipinski definition) is 4. The minimum atomic E-state index is -0.500. The van der Waals surface area contributed by atoms with Gasteiger partial charge >= 0.3 is 6.09 Å². The van der Waals surface area contributed by atoms with Gasteiger partial charge in [-0.15, -0.1) is 0 Å². The van der Waals surface area contributed by atoms with Crippen LogP contribution >= 0.6 is 0 Å². The molecule has 1 aliphatic heterocycles. The molecular weight excluding hydrogens is 320 g/mol. The summed E-state index contributed by atoms with van der Waals surface area (Å²) < 4.78 is 7.04. The SMILES string of the molecule is CC(C)(C)OC(=O)N[C@@H]1CCC[C@H]2CN(C(=O)Cn3cccn3)C[C@H]21. The predicted octanol–water partition coefficient (Wildman–Crippen LogP) is 2.03. The number of nitrogens with one attached hydrogen (secondary N) is 1. The Morgan fingerprint density at radius 1 is 1.28 bits per heavy atom. The Bertz CT molecular complexity index is 608. The number of hydrogen-bond donors (Lipinski definition) is 1. The highest BCUT2D eigenvalue weighted by Crippen LogP contribution is 2.36. The molecule has 3 atom stereocenters. The smallest absolute Gasteiger partial charge is 0.407 e. The number of rotatable bonds is 3. The van der Waals surface area contributed by atoms with Crippen LogP contribution in [0.1, 0.15) is 40.0 Å². The first kappa shape index (κ1) is 17.8. The van der Waals surface area contributed by atoms with Crippen LogP contribution in [0.4, 0.5) is 4.79 Å². The Morgan fingerprint density at radius 3 is 2.76 bits per heavy atom. The van der Waals surface area contributed by atoms with Gasteiger partial charge in [-0.05, 0) is 45.6 Å². The fraction of sp³-hybridized carbons (Fsp3) is 0.722. The largest absolute Gasteiger partial charge is 0.444 e. The van der Waals surface area contributed by atoms with Crippen molar-refractivity contribution in [1.82, 2.24) is 20.0 Å². The van der Waals surface area contributed by atoms with Gasteiger partial charge in [0, 0.05) is 37.4 Å². The second-order valence-electron chi connectivity index (χ2n) is 8.11. The van der Waals surface area contributed by atoms with Crippen molar-refractivity contribution in [2.45, 2.75) is 58.2 Å². The van der Waals surface area contributed by atoms with Crippen LogP contribution in [-0.2, 0) is 16.1 Å². The van der Waals surface area contributed by atoms with Crippen LogP contribution < -0.4 is 5.32 Å². The highest BCUT2D eigenvalue weighted by molar-refractivity contribution is 5.76. The van der Waals surface area contributed by atoms with E-state index >= 15 is 0 Å². The Labute approximate surface area is 148 Å². The van der Waals surface area contributed by atoms with Gasteiger partial charge in [-0.25, -0.2) is 4.79 Å². The van der Waals surface area contributed by atoms with Gasteiger partial charge in [-0.1, -0.05) is 6.42 Å². The minimum absolute atomic E-state index is 0.0797. The van der Waals surface area contributed by atoms with Crippen molar-refractivity contribution in [1.29, 1.82) is 0 Å². The molecule has 0 aromatic carbocycles. The molecule has 1 aromatic heterocycles. The molecule has 0 unspecified atom stereocenters. The number of fused-ring (bicyclic) bond motifs is 1. The number of ether oxygens (including phenoxy) is 1. The maximum Gasteiger partial charge on any atom is 0.407 e. The molecule has 2 amide bonds. The van der Waals surface area contributed by atoms with Crippen molar-refractivity contribution in [2.24, 2.45) is 11.8 Å². The van der Waals surface area contributed by atoms with Crippen LogP contribution in [0.5, 0.6) is 0 Å². The summed E-state index contributed by atoms with van der Waals surface area (Å²) >= 11 is 0. The van der Waals surface area contributed by atoms with Crippen LogP contribution in [0.15, 0.2) is 18.5 Å². The van der Waals surface area contributed by atoms with Gasteiger partial charge in [0.2, 0.25) is 5.91 Å². The summed E-state index contributed by atoms with van der Waals surface area (Å²) in [5.74, 6) is 0.854. The fourth-order valence-electron chi connectivity index (χ4n) is 3.95. The lowest BCUT2D eigenvalue weighted by Crippen LogP contribution is -2.47. The lowest BCUT2D eigenvalue weighted by molar-refractivity contribution is -0.131. The van der Waals surface area contributed by atoms with E-state index in [0.29, 0.717) is 18.4 Å². The van der Waals surface area contributed by atoms with E-state index in [2.05, 4.69) is 10.4 Å². The van der Waals surface area contributed by atoms with Crippen molar-refractivity contribution in [3.05, 3.63) is 18.5 Å². The summed E-state index contributed by atoms with van der Waals surface area (Å²) in [7, 11) is 0. The van der Waals surface area contributed by atoms with E-state index in [-0.39, 0.29) is 24.6 Å². The molecule has 0 radical (unpaired) electrons. The first-order chi connectivity index (χ1) is 11.8. The van der Waals surface area contributed by atoms with Crippen molar-refractivity contribution >= 4 is 12.0 Å². The fourth-order valence-corrected chi connectivity index (χ4v) is 3.95. The number of aromatic nitrogens is 2. The van der Waals surface area contributed by atoms with E-state index in [1.807, 2.05) is 31.7 Å². The zero-order valence-corrected chi connectivity index (χ0v) is 15.3. The van der Waals surface area contributed by atoms with Gasteiger partial charge in [-0.3, -0.25) is 9.48 Å². The van der Waals surface area contributed by atoms with E-state index in [4.69, 9.17) is 4.74 Å². The van der Waals surface area contributed by atoms with Crippen LogP contribution in [0, 0.1) is 11.8 Å². The van der Waals surface area contributed by atoms with Crippen molar-refractivity contribution in [3.8, 4) is 0 Å². The number of nitrogens with zero attached hydrogens (tertiary/aromatic N) is 3. The molecule has 1 aliphatic carbocycles. The molecule has 138 valence electrons. The van der Waals surface area contributed by atoms with Crippen LogP contribution in [-0.4, -0.2) is 51.4 Å². The van der Waals surface area contributed by atoms with Crippen LogP contribution in [0.25, 0.3) is 0 Å². The zero-order chi connectivity index (χ0) is 18.0. The second-order valence-corrected chi connectivity index (χ2v) is 8.11. The van der Waals surface area contributed by atoms with Gasteiger partial charge in [-0.2, -0.15) is 5.10 Å². The van der Waals surface area contributed by atoms with E-state index in [1.54, 1.807) is 17.1 Å². The number of carbonyl (C=O) groups excluding carboxylic acids is 2.